The summed E-state index contributed by atoms with van der Waals surface area (Å²) in [6, 6.07) is 5.43. The van der Waals surface area contributed by atoms with E-state index in [1.165, 1.54) is 6.92 Å². The zero-order chi connectivity index (χ0) is 21.0. The van der Waals surface area contributed by atoms with E-state index in [2.05, 4.69) is 4.98 Å². The lowest BCUT2D eigenvalue weighted by Gasteiger charge is -2.24. The third-order valence-electron chi connectivity index (χ3n) is 5.04. The molecule has 6 heteroatoms. The lowest BCUT2D eigenvalue weighted by molar-refractivity contribution is 0.0856. The second-order valence-electron chi connectivity index (χ2n) is 7.05. The number of aromatic amines is 1. The molecule has 0 amide bonds. The smallest absolute Gasteiger partial charge is 0.196 e. The van der Waals surface area contributed by atoms with Gasteiger partial charge in [-0.1, -0.05) is 6.07 Å². The van der Waals surface area contributed by atoms with Gasteiger partial charge >= 0.3 is 0 Å². The van der Waals surface area contributed by atoms with Gasteiger partial charge in [0, 0.05) is 17.8 Å². The van der Waals surface area contributed by atoms with Crippen LogP contribution in [0.3, 0.4) is 0 Å². The molecule has 0 aliphatic rings. The Kier molecular flexibility index (Phi) is 7.02. The summed E-state index contributed by atoms with van der Waals surface area (Å²) in [7, 11) is 3.52. The molecule has 0 saturated heterocycles. The van der Waals surface area contributed by atoms with Crippen molar-refractivity contribution in [2.75, 3.05) is 20.8 Å². The number of nitrogens with one attached hydrogen (secondary N) is 1. The maximum Gasteiger partial charge on any atom is 0.196 e. The SMILES string of the molecule is CCOc1ccc(CN(C)[C@H](C)C(=O)c2[nH]c(C)c(C(C)=O)c2C)cc1OC. The molecule has 1 heterocycles. The van der Waals surface area contributed by atoms with Gasteiger partial charge in [-0.15, -0.1) is 0 Å². The van der Waals surface area contributed by atoms with Crippen LogP contribution in [0.15, 0.2) is 18.2 Å². The zero-order valence-corrected chi connectivity index (χ0v) is 17.8. The first-order chi connectivity index (χ1) is 13.2. The average Bonchev–Trinajstić information content (AvgIpc) is 2.96. The van der Waals surface area contributed by atoms with Crippen molar-refractivity contribution in [2.45, 2.75) is 47.2 Å². The maximum absolute atomic E-state index is 13.0. The second-order valence-corrected chi connectivity index (χ2v) is 7.05. The minimum absolute atomic E-state index is 0.0338. The minimum atomic E-state index is -0.353. The molecule has 0 aliphatic carbocycles. The molecule has 0 radical (unpaired) electrons. The summed E-state index contributed by atoms with van der Waals surface area (Å²) in [5.74, 6) is 1.31. The van der Waals surface area contributed by atoms with Crippen LogP contribution < -0.4 is 9.47 Å². The summed E-state index contributed by atoms with van der Waals surface area (Å²) < 4.78 is 11.0. The number of hydrogen-bond acceptors (Lipinski definition) is 5. The summed E-state index contributed by atoms with van der Waals surface area (Å²) in [5, 5.41) is 0. The molecule has 0 spiro atoms. The van der Waals surface area contributed by atoms with Gasteiger partial charge in [0.25, 0.3) is 0 Å². The predicted octanol–water partition coefficient (Wildman–Crippen LogP) is 3.94. The highest BCUT2D eigenvalue weighted by Gasteiger charge is 2.26. The van der Waals surface area contributed by atoms with Crippen LogP contribution in [0, 0.1) is 13.8 Å². The van der Waals surface area contributed by atoms with Crippen LogP contribution in [-0.4, -0.2) is 48.3 Å². The maximum atomic E-state index is 13.0. The molecular formula is C22H30N2O4. The molecule has 1 N–H and O–H groups in total. The van der Waals surface area contributed by atoms with Gasteiger partial charge in [0.05, 0.1) is 25.5 Å². The summed E-state index contributed by atoms with van der Waals surface area (Å²) in [5.41, 5.74) is 3.59. The first-order valence-corrected chi connectivity index (χ1v) is 9.45. The van der Waals surface area contributed by atoms with E-state index in [1.54, 1.807) is 7.11 Å². The van der Waals surface area contributed by atoms with Crippen LogP contribution in [0.4, 0.5) is 0 Å². The Balaban J connectivity index is 2.19. The molecule has 2 aromatic rings. The Hall–Kier alpha value is -2.60. The van der Waals surface area contributed by atoms with Gasteiger partial charge in [-0.3, -0.25) is 14.5 Å². The Labute approximate surface area is 166 Å². The Bertz CT molecular complexity index is 870. The van der Waals surface area contributed by atoms with Crippen molar-refractivity contribution in [1.29, 1.82) is 0 Å². The highest BCUT2D eigenvalue weighted by atomic mass is 16.5. The topological polar surface area (TPSA) is 71.6 Å². The van der Waals surface area contributed by atoms with Crippen molar-refractivity contribution >= 4 is 11.6 Å². The van der Waals surface area contributed by atoms with Crippen molar-refractivity contribution in [1.82, 2.24) is 9.88 Å². The van der Waals surface area contributed by atoms with E-state index < -0.39 is 0 Å². The monoisotopic (exact) mass is 386 g/mol. The number of aromatic nitrogens is 1. The molecule has 0 saturated carbocycles. The van der Waals surface area contributed by atoms with E-state index in [1.807, 2.05) is 57.8 Å². The van der Waals surface area contributed by atoms with E-state index in [-0.39, 0.29) is 17.6 Å². The van der Waals surface area contributed by atoms with Gasteiger partial charge in [-0.2, -0.15) is 0 Å². The number of ether oxygens (including phenoxy) is 2. The molecule has 1 aromatic heterocycles. The quantitative estimate of drug-likeness (QED) is 0.661. The largest absolute Gasteiger partial charge is 0.493 e. The van der Waals surface area contributed by atoms with Gasteiger partial charge in [-0.05, 0) is 64.9 Å². The van der Waals surface area contributed by atoms with Gasteiger partial charge in [0.2, 0.25) is 0 Å². The number of benzene rings is 1. The molecule has 152 valence electrons. The molecule has 0 fully saturated rings. The van der Waals surface area contributed by atoms with Crippen LogP contribution in [0.2, 0.25) is 0 Å². The lowest BCUT2D eigenvalue weighted by atomic mass is 10.0. The lowest BCUT2D eigenvalue weighted by Crippen LogP contribution is -2.36. The summed E-state index contributed by atoms with van der Waals surface area (Å²) >= 11 is 0. The highest BCUT2D eigenvalue weighted by Crippen LogP contribution is 2.29. The number of H-pyrrole nitrogens is 1. The Morgan fingerprint density at radius 1 is 1.21 bits per heavy atom. The first-order valence-electron chi connectivity index (χ1n) is 9.45. The van der Waals surface area contributed by atoms with E-state index in [0.29, 0.717) is 35.9 Å². The zero-order valence-electron chi connectivity index (χ0n) is 17.8. The molecule has 0 aliphatic heterocycles. The number of likely N-dealkylation sites (N-methyl/N-ethyl adjacent to an activating group) is 1. The number of aryl methyl sites for hydroxylation is 1. The van der Waals surface area contributed by atoms with E-state index in [9.17, 15) is 9.59 Å². The van der Waals surface area contributed by atoms with Crippen LogP contribution in [-0.2, 0) is 6.54 Å². The summed E-state index contributed by atoms with van der Waals surface area (Å²) in [6.07, 6.45) is 0. The molecule has 0 bridgehead atoms. The third-order valence-corrected chi connectivity index (χ3v) is 5.04. The fourth-order valence-electron chi connectivity index (χ4n) is 3.44. The van der Waals surface area contributed by atoms with Crippen LogP contribution in [0.1, 0.15) is 58.4 Å². The molecule has 28 heavy (non-hydrogen) atoms. The van der Waals surface area contributed by atoms with E-state index in [0.717, 1.165) is 16.8 Å². The number of ketones is 2. The standard InChI is InChI=1S/C22H30N2O4/c1-8-28-18-10-9-17(11-19(18)27-7)12-24(6)15(4)22(26)21-13(2)20(16(5)25)14(3)23-21/h9-11,15,23H,8,12H2,1-7H3/t15-/m1/s1. The molecule has 1 atom stereocenters. The van der Waals surface area contributed by atoms with Crippen LogP contribution in [0.5, 0.6) is 11.5 Å². The van der Waals surface area contributed by atoms with E-state index in [4.69, 9.17) is 9.47 Å². The summed E-state index contributed by atoms with van der Waals surface area (Å²) in [4.78, 5) is 29.9. The third kappa shape index (κ3) is 4.44. The number of nitrogens with zero attached hydrogens (tertiary/aromatic N) is 1. The van der Waals surface area contributed by atoms with Gasteiger partial charge in [-0.25, -0.2) is 0 Å². The number of rotatable bonds is 9. The van der Waals surface area contributed by atoms with Gasteiger partial charge in [0.1, 0.15) is 0 Å². The van der Waals surface area contributed by atoms with Crippen molar-refractivity contribution in [2.24, 2.45) is 0 Å². The van der Waals surface area contributed by atoms with Crippen molar-refractivity contribution < 1.29 is 19.1 Å². The van der Waals surface area contributed by atoms with Crippen molar-refractivity contribution in [3.8, 4) is 11.5 Å². The van der Waals surface area contributed by atoms with Gasteiger partial charge < -0.3 is 14.5 Å². The number of hydrogen-bond donors (Lipinski definition) is 1. The fraction of sp³-hybridized carbons (Fsp3) is 0.455. The Morgan fingerprint density at radius 2 is 1.89 bits per heavy atom. The molecule has 2 rings (SSSR count). The van der Waals surface area contributed by atoms with Gasteiger partial charge in [0.15, 0.2) is 23.1 Å². The normalized spacial score (nSPS) is 12.1. The highest BCUT2D eigenvalue weighted by molar-refractivity contribution is 6.05. The van der Waals surface area contributed by atoms with Crippen molar-refractivity contribution in [3.63, 3.8) is 0 Å². The average molecular weight is 386 g/mol. The molecule has 1 aromatic carbocycles. The first kappa shape index (κ1) is 21.7. The molecule has 6 nitrogen and oxygen atoms in total. The molecule has 0 unspecified atom stereocenters. The fourth-order valence-corrected chi connectivity index (χ4v) is 3.44. The second kappa shape index (κ2) is 9.06. The van der Waals surface area contributed by atoms with Crippen molar-refractivity contribution in [3.05, 3.63) is 46.3 Å². The van der Waals surface area contributed by atoms with Crippen LogP contribution >= 0.6 is 0 Å². The van der Waals surface area contributed by atoms with E-state index >= 15 is 0 Å². The number of methoxy groups -OCH3 is 1. The number of carbonyl (C=O) groups is 2. The minimum Gasteiger partial charge on any atom is -0.493 e. The summed E-state index contributed by atoms with van der Waals surface area (Å²) in [6.45, 7) is 10.1. The number of carbonyl (C=O) groups excluding carboxylic acids is 2. The number of Topliss-reactive ketones (excluding diaryl/α,β-unsaturated/α-hetero) is 2. The Morgan fingerprint density at radius 3 is 2.43 bits per heavy atom. The molecular weight excluding hydrogens is 356 g/mol. The predicted molar refractivity (Wildman–Crippen MR) is 110 cm³/mol. The van der Waals surface area contributed by atoms with Crippen LogP contribution in [0.25, 0.3) is 0 Å².